The summed E-state index contributed by atoms with van der Waals surface area (Å²) in [6.45, 7) is 23.2. The Hall–Kier alpha value is -3.57. The zero-order valence-corrected chi connectivity index (χ0v) is 35.9. The first-order valence-corrected chi connectivity index (χ1v) is 19.2. The molecular formula is C46H54IrNO3S-. The van der Waals surface area contributed by atoms with Gasteiger partial charge in [0.05, 0.1) is 0 Å². The van der Waals surface area contributed by atoms with Crippen LogP contribution in [0.1, 0.15) is 105 Å². The van der Waals surface area contributed by atoms with Gasteiger partial charge in [-0.15, -0.1) is 40.5 Å². The van der Waals surface area contributed by atoms with Gasteiger partial charge in [-0.25, -0.2) is 0 Å². The molecule has 3 aromatic carbocycles. The van der Waals surface area contributed by atoms with Gasteiger partial charge < -0.3 is 9.52 Å². The molecule has 0 aliphatic rings. The molecular weight excluding hydrogens is 839 g/mol. The summed E-state index contributed by atoms with van der Waals surface area (Å²) in [5, 5.41) is 14.9. The van der Waals surface area contributed by atoms with Crippen LogP contribution >= 0.6 is 11.3 Å². The Balaban J connectivity index is 0.000000289. The fourth-order valence-electron chi connectivity index (χ4n) is 6.75. The zero-order chi connectivity index (χ0) is 37.3. The minimum atomic E-state index is -0.337. The second-order valence-corrected chi connectivity index (χ2v) is 16.5. The molecule has 0 amide bonds. The maximum Gasteiger partial charge on any atom is 0.164 e. The summed E-state index contributed by atoms with van der Waals surface area (Å²) in [6.07, 6.45) is 6.68. The van der Waals surface area contributed by atoms with Crippen LogP contribution in [0.5, 0.6) is 0 Å². The third-order valence-corrected chi connectivity index (χ3v) is 12.6. The number of allylic oxidation sites excluding steroid dienone is 2. The molecule has 1 radical (unpaired) electrons. The predicted octanol–water partition coefficient (Wildman–Crippen LogP) is 13.9. The van der Waals surface area contributed by atoms with E-state index < -0.39 is 0 Å². The minimum absolute atomic E-state index is 0. The number of hydrogen-bond donors (Lipinski definition) is 1. The molecule has 3 aromatic heterocycles. The number of aryl methyl sites for hydroxylation is 2. The van der Waals surface area contributed by atoms with Gasteiger partial charge in [-0.05, 0) is 68.0 Å². The monoisotopic (exact) mass is 893 g/mol. The van der Waals surface area contributed by atoms with E-state index in [9.17, 15) is 9.90 Å². The van der Waals surface area contributed by atoms with Crippen molar-refractivity contribution >= 4 is 48.9 Å². The molecule has 6 heteroatoms. The number of thiophene rings is 1. The van der Waals surface area contributed by atoms with Crippen LogP contribution in [0.2, 0.25) is 0 Å². The Bertz CT molecular complexity index is 2220. The van der Waals surface area contributed by atoms with Crippen LogP contribution in [0, 0.1) is 30.7 Å². The summed E-state index contributed by atoms with van der Waals surface area (Å²) < 4.78 is 7.34. The molecule has 0 aliphatic carbocycles. The number of furan rings is 1. The number of carbonyl (C=O) groups excluding carboxylic acids is 1. The Morgan fingerprint density at radius 3 is 2.08 bits per heavy atom. The van der Waals surface area contributed by atoms with Crippen molar-refractivity contribution < 1.29 is 34.4 Å². The van der Waals surface area contributed by atoms with Gasteiger partial charge >= 0.3 is 0 Å². The van der Waals surface area contributed by atoms with Gasteiger partial charge in [-0.3, -0.25) is 9.78 Å². The van der Waals surface area contributed by atoms with Gasteiger partial charge in [0.1, 0.15) is 17.1 Å². The quantitative estimate of drug-likeness (QED) is 0.0892. The summed E-state index contributed by atoms with van der Waals surface area (Å²) in [7, 11) is 0. The molecule has 6 rings (SSSR count). The number of fused-ring (bicyclic) bond motifs is 3. The molecule has 0 atom stereocenters. The van der Waals surface area contributed by atoms with Gasteiger partial charge in [0, 0.05) is 69.4 Å². The average molecular weight is 893 g/mol. The number of ketones is 1. The predicted molar refractivity (Wildman–Crippen MR) is 218 cm³/mol. The van der Waals surface area contributed by atoms with Crippen molar-refractivity contribution in [1.29, 1.82) is 0 Å². The van der Waals surface area contributed by atoms with E-state index >= 15 is 0 Å². The fourth-order valence-corrected chi connectivity index (χ4v) is 8.06. The molecule has 0 unspecified atom stereocenters. The zero-order valence-electron chi connectivity index (χ0n) is 32.7. The van der Waals surface area contributed by atoms with Gasteiger partial charge in [0.2, 0.25) is 0 Å². The maximum absolute atomic E-state index is 12.2. The van der Waals surface area contributed by atoms with Crippen molar-refractivity contribution in [2.45, 2.75) is 107 Å². The first kappa shape index (κ1) is 41.2. The molecule has 0 fully saturated rings. The molecule has 6 aromatic rings. The summed E-state index contributed by atoms with van der Waals surface area (Å²) in [5.74, 6) is 1.24. The van der Waals surface area contributed by atoms with Gasteiger partial charge in [-0.2, -0.15) is 0 Å². The van der Waals surface area contributed by atoms with E-state index in [2.05, 4.69) is 89.2 Å². The van der Waals surface area contributed by atoms with Gasteiger partial charge in [-0.1, -0.05) is 110 Å². The Morgan fingerprint density at radius 1 is 0.865 bits per heavy atom. The van der Waals surface area contributed by atoms with Crippen molar-refractivity contribution in [1.82, 2.24) is 4.98 Å². The van der Waals surface area contributed by atoms with Gasteiger partial charge in [0.25, 0.3) is 0 Å². The maximum atomic E-state index is 12.2. The number of aromatic nitrogens is 1. The van der Waals surface area contributed by atoms with Crippen LogP contribution in [0.4, 0.5) is 0 Å². The third kappa shape index (κ3) is 7.86. The number of rotatable bonds is 9. The van der Waals surface area contributed by atoms with E-state index in [1.807, 2.05) is 71.2 Å². The van der Waals surface area contributed by atoms with Crippen molar-refractivity contribution in [2.75, 3.05) is 0 Å². The molecule has 1 N–H and O–H groups in total. The van der Waals surface area contributed by atoms with Crippen LogP contribution in [0.25, 0.3) is 53.5 Å². The summed E-state index contributed by atoms with van der Waals surface area (Å²) >= 11 is 1.82. The Morgan fingerprint density at radius 2 is 1.46 bits per heavy atom. The van der Waals surface area contributed by atoms with E-state index in [1.165, 1.54) is 43.1 Å². The molecule has 277 valence electrons. The van der Waals surface area contributed by atoms with Crippen LogP contribution in [-0.2, 0) is 30.3 Å². The fraction of sp³-hybridized carbons (Fsp3) is 0.391. The second-order valence-electron chi connectivity index (χ2n) is 15.4. The summed E-state index contributed by atoms with van der Waals surface area (Å²) in [6, 6.07) is 24.9. The van der Waals surface area contributed by atoms with Crippen LogP contribution in [0.15, 0.2) is 83.1 Å². The number of aliphatic hydroxyl groups excluding tert-OH is 1. The van der Waals surface area contributed by atoms with E-state index in [4.69, 9.17) is 9.40 Å². The summed E-state index contributed by atoms with van der Waals surface area (Å²) in [5.41, 5.74) is 6.15. The Labute approximate surface area is 328 Å². The van der Waals surface area contributed by atoms with Crippen LogP contribution in [0.3, 0.4) is 0 Å². The average Bonchev–Trinajstić information content (AvgIpc) is 3.64. The van der Waals surface area contributed by atoms with Crippen molar-refractivity contribution in [2.24, 2.45) is 10.8 Å². The van der Waals surface area contributed by atoms with E-state index in [-0.39, 0.29) is 47.9 Å². The smallest absolute Gasteiger partial charge is 0.164 e. The van der Waals surface area contributed by atoms with E-state index in [1.54, 1.807) is 0 Å². The first-order valence-electron chi connectivity index (χ1n) is 18.4. The standard InChI is InChI=1S/C31H26NOS.C15H28O2.Ir/c1-18-27-26(34-30(18)28-19(2)33-25-13-9-8-12-23(25)28)14-15-32-29(27)21-16-20-10-6-7-11-22(20)24(17-21)31(3,4)5;1-7-14(5,8-2)12(16)11-13(17)15(6,9-3)10-4;/h6-15,17H,1-5H3;11,16H,7-10H2,1-6H3;/q-1;;/b;12-11-;. The number of pyridine rings is 1. The third-order valence-electron chi connectivity index (χ3n) is 11.3. The molecule has 4 nitrogen and oxygen atoms in total. The molecule has 3 heterocycles. The van der Waals surface area contributed by atoms with Crippen LogP contribution in [-0.4, -0.2) is 15.9 Å². The number of benzene rings is 3. The SMILES string of the molecule is CCC(C)(CC)C(=O)/C=C(\O)C(C)(CC)CC.Cc1oc2ccccc2c1-c1sc2ccnc(-c3[c-]c4ccccc4c(C(C)(C)C)c3)c2c1C.[Ir]. The van der Waals surface area contributed by atoms with E-state index in [0.29, 0.717) is 0 Å². The number of hydrogen-bond acceptors (Lipinski definition) is 5. The van der Waals surface area contributed by atoms with Crippen molar-refractivity contribution in [3.05, 3.63) is 102 Å². The largest absolute Gasteiger partial charge is 0.512 e. The minimum Gasteiger partial charge on any atom is -0.512 e. The normalized spacial score (nSPS) is 12.6. The van der Waals surface area contributed by atoms with Crippen LogP contribution < -0.4 is 0 Å². The Kier molecular flexibility index (Phi) is 12.8. The van der Waals surface area contributed by atoms with E-state index in [0.717, 1.165) is 59.1 Å². The number of carbonyl (C=O) groups is 1. The van der Waals surface area contributed by atoms with Crippen molar-refractivity contribution in [3.8, 4) is 21.7 Å². The molecule has 0 saturated carbocycles. The molecule has 0 saturated heterocycles. The molecule has 0 bridgehead atoms. The van der Waals surface area contributed by atoms with Gasteiger partial charge in [0.15, 0.2) is 5.78 Å². The second kappa shape index (κ2) is 16.2. The number of nitrogens with zero attached hydrogens (tertiary/aromatic N) is 1. The molecule has 0 spiro atoms. The topological polar surface area (TPSA) is 63.3 Å². The number of aliphatic hydroxyl groups is 1. The molecule has 52 heavy (non-hydrogen) atoms. The first-order chi connectivity index (χ1) is 24.1. The molecule has 0 aliphatic heterocycles. The van der Waals surface area contributed by atoms with Crippen molar-refractivity contribution in [3.63, 3.8) is 0 Å². The number of para-hydroxylation sites is 1. The summed E-state index contributed by atoms with van der Waals surface area (Å²) in [4.78, 5) is 18.3.